The number of para-hydroxylation sites is 3. The molecular formula is C36H26N2. The van der Waals surface area contributed by atoms with Crippen LogP contribution in [0, 0.1) is 0 Å². The van der Waals surface area contributed by atoms with E-state index >= 15 is 0 Å². The molecule has 38 heavy (non-hydrogen) atoms. The Bertz CT molecular complexity index is 1840. The summed E-state index contributed by atoms with van der Waals surface area (Å²) in [4.78, 5) is 0. The van der Waals surface area contributed by atoms with E-state index in [-0.39, 0.29) is 0 Å². The molecule has 0 atom stereocenters. The van der Waals surface area contributed by atoms with Gasteiger partial charge in [-0.25, -0.2) is 0 Å². The van der Waals surface area contributed by atoms with E-state index in [1.165, 1.54) is 44.1 Å². The van der Waals surface area contributed by atoms with Crippen molar-refractivity contribution in [2.75, 3.05) is 5.32 Å². The fourth-order valence-corrected chi connectivity index (χ4v) is 5.42. The van der Waals surface area contributed by atoms with Crippen LogP contribution in [-0.4, -0.2) is 4.57 Å². The minimum Gasteiger partial charge on any atom is -0.355 e. The highest BCUT2D eigenvalue weighted by molar-refractivity contribution is 6.09. The molecule has 1 heterocycles. The van der Waals surface area contributed by atoms with Crippen molar-refractivity contribution in [1.82, 2.24) is 4.57 Å². The van der Waals surface area contributed by atoms with E-state index in [4.69, 9.17) is 0 Å². The molecule has 6 aromatic carbocycles. The average Bonchev–Trinajstić information content (AvgIpc) is 3.33. The molecule has 0 fully saturated rings. The minimum atomic E-state index is 1.06. The van der Waals surface area contributed by atoms with Crippen LogP contribution in [0.3, 0.4) is 0 Å². The van der Waals surface area contributed by atoms with E-state index in [1.807, 2.05) is 0 Å². The van der Waals surface area contributed by atoms with Crippen molar-refractivity contribution in [2.45, 2.75) is 0 Å². The second-order valence-corrected chi connectivity index (χ2v) is 9.54. The number of rotatable bonds is 5. The first kappa shape index (κ1) is 22.1. The molecule has 2 nitrogen and oxygen atoms in total. The lowest BCUT2D eigenvalue weighted by Gasteiger charge is -2.14. The molecule has 0 saturated carbocycles. The SMILES string of the molecule is c1ccc(-c2ccccc2Nc2cccc(-c3cccc(-n4c5ccccc5c5ccccc54)c3)c2)cc1. The first-order chi connectivity index (χ1) is 18.8. The molecule has 0 aliphatic heterocycles. The molecule has 0 amide bonds. The topological polar surface area (TPSA) is 17.0 Å². The lowest BCUT2D eigenvalue weighted by Crippen LogP contribution is -1.95. The molecule has 0 bridgehead atoms. The third-order valence-electron chi connectivity index (χ3n) is 7.17. The van der Waals surface area contributed by atoms with Gasteiger partial charge in [-0.15, -0.1) is 0 Å². The Balaban J connectivity index is 1.28. The van der Waals surface area contributed by atoms with Gasteiger partial charge in [-0.2, -0.15) is 0 Å². The third kappa shape index (κ3) is 3.93. The normalized spacial score (nSPS) is 11.2. The maximum absolute atomic E-state index is 3.67. The summed E-state index contributed by atoms with van der Waals surface area (Å²) in [6.07, 6.45) is 0. The van der Waals surface area contributed by atoms with Crippen LogP contribution in [0.25, 0.3) is 49.7 Å². The molecule has 0 aliphatic carbocycles. The van der Waals surface area contributed by atoms with Crippen molar-refractivity contribution in [3.05, 3.63) is 152 Å². The van der Waals surface area contributed by atoms with Crippen molar-refractivity contribution >= 4 is 33.2 Å². The summed E-state index contributed by atoms with van der Waals surface area (Å²) in [7, 11) is 0. The quantitative estimate of drug-likeness (QED) is 0.256. The Morgan fingerprint density at radius 1 is 0.421 bits per heavy atom. The van der Waals surface area contributed by atoms with Crippen molar-refractivity contribution < 1.29 is 0 Å². The molecule has 180 valence electrons. The molecule has 7 rings (SSSR count). The van der Waals surface area contributed by atoms with Gasteiger partial charge in [0.05, 0.1) is 11.0 Å². The largest absolute Gasteiger partial charge is 0.355 e. The number of nitrogens with one attached hydrogen (secondary N) is 1. The summed E-state index contributed by atoms with van der Waals surface area (Å²) in [5.74, 6) is 0. The van der Waals surface area contributed by atoms with Gasteiger partial charge in [0.2, 0.25) is 0 Å². The van der Waals surface area contributed by atoms with Crippen LogP contribution in [0.5, 0.6) is 0 Å². The fourth-order valence-electron chi connectivity index (χ4n) is 5.42. The second-order valence-electron chi connectivity index (χ2n) is 9.54. The van der Waals surface area contributed by atoms with Crippen LogP contribution in [0.1, 0.15) is 0 Å². The smallest absolute Gasteiger partial charge is 0.0541 e. The number of nitrogens with zero attached hydrogens (tertiary/aromatic N) is 1. The predicted octanol–water partition coefficient (Wildman–Crippen LogP) is 9.86. The first-order valence-corrected chi connectivity index (χ1v) is 13.0. The van der Waals surface area contributed by atoms with E-state index in [2.05, 4.69) is 162 Å². The van der Waals surface area contributed by atoms with E-state index < -0.39 is 0 Å². The van der Waals surface area contributed by atoms with E-state index in [1.54, 1.807) is 0 Å². The summed E-state index contributed by atoms with van der Waals surface area (Å²) in [5.41, 5.74) is 10.5. The van der Waals surface area contributed by atoms with Crippen molar-refractivity contribution in [1.29, 1.82) is 0 Å². The van der Waals surface area contributed by atoms with Gasteiger partial charge in [0, 0.05) is 33.4 Å². The average molecular weight is 487 g/mol. The summed E-state index contributed by atoms with van der Waals surface area (Å²) in [5, 5.41) is 6.22. The van der Waals surface area contributed by atoms with Crippen LogP contribution in [0.4, 0.5) is 11.4 Å². The van der Waals surface area contributed by atoms with Crippen molar-refractivity contribution in [2.24, 2.45) is 0 Å². The van der Waals surface area contributed by atoms with Crippen LogP contribution >= 0.6 is 0 Å². The summed E-state index contributed by atoms with van der Waals surface area (Å²) in [6.45, 7) is 0. The maximum atomic E-state index is 3.67. The highest BCUT2D eigenvalue weighted by atomic mass is 15.0. The molecule has 0 spiro atoms. The van der Waals surface area contributed by atoms with E-state index in [0.29, 0.717) is 0 Å². The molecule has 0 aliphatic rings. The van der Waals surface area contributed by atoms with Gasteiger partial charge >= 0.3 is 0 Å². The lowest BCUT2D eigenvalue weighted by atomic mass is 10.0. The zero-order valence-electron chi connectivity index (χ0n) is 20.9. The number of anilines is 2. The maximum Gasteiger partial charge on any atom is 0.0541 e. The van der Waals surface area contributed by atoms with Gasteiger partial charge in [0.15, 0.2) is 0 Å². The number of aromatic nitrogens is 1. The molecule has 1 N–H and O–H groups in total. The Kier molecular flexibility index (Phi) is 5.49. The Morgan fingerprint density at radius 3 is 1.76 bits per heavy atom. The van der Waals surface area contributed by atoms with Crippen LogP contribution < -0.4 is 5.32 Å². The Labute approximate surface area is 222 Å². The highest BCUT2D eigenvalue weighted by Crippen LogP contribution is 2.34. The molecule has 7 aromatic rings. The zero-order chi connectivity index (χ0) is 25.3. The predicted molar refractivity (Wildman–Crippen MR) is 161 cm³/mol. The van der Waals surface area contributed by atoms with Crippen molar-refractivity contribution in [3.63, 3.8) is 0 Å². The minimum absolute atomic E-state index is 1.06. The monoisotopic (exact) mass is 486 g/mol. The van der Waals surface area contributed by atoms with Gasteiger partial charge in [0.1, 0.15) is 0 Å². The molecule has 0 radical (unpaired) electrons. The molecule has 0 saturated heterocycles. The van der Waals surface area contributed by atoms with Gasteiger partial charge in [0.25, 0.3) is 0 Å². The van der Waals surface area contributed by atoms with Gasteiger partial charge < -0.3 is 9.88 Å². The molecular weight excluding hydrogens is 460 g/mol. The highest BCUT2D eigenvalue weighted by Gasteiger charge is 2.12. The van der Waals surface area contributed by atoms with E-state index in [0.717, 1.165) is 17.1 Å². The van der Waals surface area contributed by atoms with Gasteiger partial charge in [-0.1, -0.05) is 109 Å². The summed E-state index contributed by atoms with van der Waals surface area (Å²) < 4.78 is 2.37. The fraction of sp³-hybridized carbons (Fsp3) is 0. The summed E-state index contributed by atoms with van der Waals surface area (Å²) >= 11 is 0. The molecule has 2 heteroatoms. The van der Waals surface area contributed by atoms with Crippen LogP contribution in [0.2, 0.25) is 0 Å². The Morgan fingerprint density at radius 2 is 1.00 bits per heavy atom. The van der Waals surface area contributed by atoms with Crippen LogP contribution in [0.15, 0.2) is 152 Å². The second kappa shape index (κ2) is 9.42. The standard InChI is InChI=1S/C36H26N2/c1-2-12-26(13-3-1)31-18-4-7-21-34(31)37-29-16-10-14-27(24-29)28-15-11-17-30(25-28)38-35-22-8-5-19-32(35)33-20-6-9-23-36(33)38/h1-25,37H. The van der Waals surface area contributed by atoms with Gasteiger partial charge in [-0.3, -0.25) is 0 Å². The number of benzene rings is 6. The molecule has 1 aromatic heterocycles. The molecule has 0 unspecified atom stereocenters. The van der Waals surface area contributed by atoms with Gasteiger partial charge in [-0.05, 0) is 59.2 Å². The third-order valence-corrected chi connectivity index (χ3v) is 7.17. The first-order valence-electron chi connectivity index (χ1n) is 13.0. The zero-order valence-corrected chi connectivity index (χ0v) is 20.9. The lowest BCUT2D eigenvalue weighted by molar-refractivity contribution is 1.18. The van der Waals surface area contributed by atoms with Crippen LogP contribution in [-0.2, 0) is 0 Å². The van der Waals surface area contributed by atoms with Crippen molar-refractivity contribution in [3.8, 4) is 27.9 Å². The number of hydrogen-bond acceptors (Lipinski definition) is 1. The Hall–Kier alpha value is -5.08. The van der Waals surface area contributed by atoms with E-state index in [9.17, 15) is 0 Å². The number of fused-ring (bicyclic) bond motifs is 3. The number of hydrogen-bond donors (Lipinski definition) is 1. The summed E-state index contributed by atoms with van der Waals surface area (Å²) in [6, 6.07) is 53.7.